The number of aryl methyl sites for hydroxylation is 2. The van der Waals surface area contributed by atoms with Crippen molar-refractivity contribution < 1.29 is 4.39 Å². The second-order valence-electron chi connectivity index (χ2n) is 2.78. The first kappa shape index (κ1) is 8.97. The highest BCUT2D eigenvalue weighted by Crippen LogP contribution is 2.10. The Morgan fingerprint density at radius 1 is 1.75 bits per heavy atom. The van der Waals surface area contributed by atoms with E-state index in [1.165, 1.54) is 6.08 Å². The zero-order valence-electron chi connectivity index (χ0n) is 7.63. The van der Waals surface area contributed by atoms with Gasteiger partial charge in [-0.2, -0.15) is 5.10 Å². The number of allylic oxidation sites excluding steroid dienone is 1. The third-order valence-electron chi connectivity index (χ3n) is 1.68. The van der Waals surface area contributed by atoms with Gasteiger partial charge in [0.25, 0.3) is 0 Å². The summed E-state index contributed by atoms with van der Waals surface area (Å²) in [5.74, 6) is -0.113. The predicted octanol–water partition coefficient (Wildman–Crippen LogP) is 2.45. The Morgan fingerprint density at radius 3 is 2.83 bits per heavy atom. The van der Waals surface area contributed by atoms with Crippen molar-refractivity contribution in [2.24, 2.45) is 7.05 Å². The van der Waals surface area contributed by atoms with Crippen LogP contribution in [0.3, 0.4) is 0 Å². The van der Waals surface area contributed by atoms with Crippen molar-refractivity contribution in [1.82, 2.24) is 9.78 Å². The molecule has 1 rings (SSSR count). The van der Waals surface area contributed by atoms with Crippen LogP contribution < -0.4 is 0 Å². The molecule has 0 spiro atoms. The first-order valence-corrected chi connectivity index (χ1v) is 4.00. The van der Waals surface area contributed by atoms with E-state index >= 15 is 0 Å². The quantitative estimate of drug-likeness (QED) is 0.663. The van der Waals surface area contributed by atoms with E-state index in [-0.39, 0.29) is 5.83 Å². The van der Waals surface area contributed by atoms with Crippen molar-refractivity contribution >= 4 is 6.08 Å². The third kappa shape index (κ3) is 1.94. The zero-order chi connectivity index (χ0) is 9.14. The number of hydrogen-bond donors (Lipinski definition) is 0. The maximum Gasteiger partial charge on any atom is 0.102 e. The molecule has 0 unspecified atom stereocenters. The van der Waals surface area contributed by atoms with Gasteiger partial charge in [-0.05, 0) is 25.5 Å². The molecule has 0 bridgehead atoms. The minimum Gasteiger partial charge on any atom is -0.268 e. The van der Waals surface area contributed by atoms with E-state index in [9.17, 15) is 4.39 Å². The molecule has 66 valence electrons. The Kier molecular flexibility index (Phi) is 2.63. The van der Waals surface area contributed by atoms with Gasteiger partial charge in [-0.3, -0.25) is 4.68 Å². The maximum absolute atomic E-state index is 12.8. The molecule has 0 aliphatic carbocycles. The highest BCUT2D eigenvalue weighted by molar-refractivity contribution is 5.47. The van der Waals surface area contributed by atoms with Crippen molar-refractivity contribution in [1.29, 1.82) is 0 Å². The number of nitrogens with zero attached hydrogens (tertiary/aromatic N) is 2. The van der Waals surface area contributed by atoms with Crippen LogP contribution in [0, 0.1) is 6.92 Å². The van der Waals surface area contributed by atoms with Gasteiger partial charge in [0.15, 0.2) is 0 Å². The summed E-state index contributed by atoms with van der Waals surface area (Å²) in [5.41, 5.74) is 1.72. The van der Waals surface area contributed by atoms with Crippen LogP contribution in [0.2, 0.25) is 0 Å². The van der Waals surface area contributed by atoms with Crippen molar-refractivity contribution in [3.63, 3.8) is 0 Å². The van der Waals surface area contributed by atoms with Crippen molar-refractivity contribution in [2.75, 3.05) is 0 Å². The van der Waals surface area contributed by atoms with Crippen molar-refractivity contribution in [2.45, 2.75) is 20.3 Å². The Bertz CT molecular complexity index is 299. The molecule has 0 saturated carbocycles. The van der Waals surface area contributed by atoms with Crippen LogP contribution >= 0.6 is 0 Å². The summed E-state index contributed by atoms with van der Waals surface area (Å²) < 4.78 is 14.5. The molecule has 3 heteroatoms. The SMILES string of the molecule is CC/C(F)=C\c1cc(C)nn1C. The van der Waals surface area contributed by atoms with Gasteiger partial charge in [-0.1, -0.05) is 6.92 Å². The fourth-order valence-electron chi connectivity index (χ4n) is 1.03. The molecule has 1 aromatic heterocycles. The monoisotopic (exact) mass is 168 g/mol. The minimum atomic E-state index is -0.113. The van der Waals surface area contributed by atoms with Gasteiger partial charge in [0, 0.05) is 7.05 Å². The molecule has 1 heterocycles. The lowest BCUT2D eigenvalue weighted by atomic mass is 10.3. The topological polar surface area (TPSA) is 17.8 Å². The second-order valence-corrected chi connectivity index (χ2v) is 2.78. The Morgan fingerprint density at radius 2 is 2.42 bits per heavy atom. The van der Waals surface area contributed by atoms with Gasteiger partial charge in [-0.15, -0.1) is 0 Å². The molecule has 0 aromatic carbocycles. The van der Waals surface area contributed by atoms with E-state index in [0.717, 1.165) is 11.4 Å². The van der Waals surface area contributed by atoms with E-state index < -0.39 is 0 Å². The Balaban J connectivity index is 2.95. The highest BCUT2D eigenvalue weighted by Gasteiger charge is 1.99. The molecule has 1 aromatic rings. The van der Waals surface area contributed by atoms with E-state index in [2.05, 4.69) is 5.10 Å². The Hall–Kier alpha value is -1.12. The van der Waals surface area contributed by atoms with Gasteiger partial charge in [0.2, 0.25) is 0 Å². The standard InChI is InChI=1S/C9H13FN2/c1-4-8(10)6-9-5-7(2)11-12(9)3/h5-6H,4H2,1-3H3/b8-6+. The lowest BCUT2D eigenvalue weighted by Gasteiger charge is -1.94. The maximum atomic E-state index is 12.8. The number of halogens is 1. The summed E-state index contributed by atoms with van der Waals surface area (Å²) >= 11 is 0. The van der Waals surface area contributed by atoms with Crippen molar-refractivity contribution in [3.8, 4) is 0 Å². The van der Waals surface area contributed by atoms with Gasteiger partial charge < -0.3 is 0 Å². The van der Waals surface area contributed by atoms with Crippen LogP contribution in [0.4, 0.5) is 4.39 Å². The largest absolute Gasteiger partial charge is 0.268 e. The normalized spacial score (nSPS) is 12.2. The van der Waals surface area contributed by atoms with Gasteiger partial charge >= 0.3 is 0 Å². The molecule has 0 aliphatic rings. The molecule has 12 heavy (non-hydrogen) atoms. The van der Waals surface area contributed by atoms with E-state index in [0.29, 0.717) is 6.42 Å². The summed E-state index contributed by atoms with van der Waals surface area (Å²) in [4.78, 5) is 0. The molecule has 2 nitrogen and oxygen atoms in total. The molecule has 0 aliphatic heterocycles. The lowest BCUT2D eigenvalue weighted by molar-refractivity contribution is 0.610. The molecule has 0 fully saturated rings. The fourth-order valence-corrected chi connectivity index (χ4v) is 1.03. The van der Waals surface area contributed by atoms with E-state index in [4.69, 9.17) is 0 Å². The number of rotatable bonds is 2. The molecular weight excluding hydrogens is 155 g/mol. The highest BCUT2D eigenvalue weighted by atomic mass is 19.1. The van der Waals surface area contributed by atoms with Gasteiger partial charge in [-0.25, -0.2) is 4.39 Å². The van der Waals surface area contributed by atoms with Crippen LogP contribution in [0.25, 0.3) is 6.08 Å². The predicted molar refractivity (Wildman–Crippen MR) is 47.3 cm³/mol. The van der Waals surface area contributed by atoms with E-state index in [1.807, 2.05) is 20.0 Å². The molecular formula is C9H13FN2. The van der Waals surface area contributed by atoms with Gasteiger partial charge in [0.05, 0.1) is 11.4 Å². The summed E-state index contributed by atoms with van der Waals surface area (Å²) in [7, 11) is 1.81. The van der Waals surface area contributed by atoms with Crippen LogP contribution in [0.1, 0.15) is 24.7 Å². The molecule has 0 amide bonds. The summed E-state index contributed by atoms with van der Waals surface area (Å²) in [6, 6.07) is 1.86. The minimum absolute atomic E-state index is 0.113. The Labute approximate surface area is 71.7 Å². The molecule has 0 saturated heterocycles. The third-order valence-corrected chi connectivity index (χ3v) is 1.68. The van der Waals surface area contributed by atoms with Crippen LogP contribution in [0.15, 0.2) is 11.9 Å². The summed E-state index contributed by atoms with van der Waals surface area (Å²) in [6.07, 6.45) is 1.95. The van der Waals surface area contributed by atoms with Crippen LogP contribution in [-0.4, -0.2) is 9.78 Å². The van der Waals surface area contributed by atoms with E-state index in [1.54, 1.807) is 11.6 Å². The molecule has 0 N–H and O–H groups in total. The van der Waals surface area contributed by atoms with Crippen LogP contribution in [0.5, 0.6) is 0 Å². The second kappa shape index (κ2) is 3.52. The van der Waals surface area contributed by atoms with Crippen LogP contribution in [-0.2, 0) is 7.05 Å². The first-order valence-electron chi connectivity index (χ1n) is 4.00. The first-order chi connectivity index (χ1) is 5.63. The lowest BCUT2D eigenvalue weighted by Crippen LogP contribution is -1.93. The van der Waals surface area contributed by atoms with Crippen molar-refractivity contribution in [3.05, 3.63) is 23.3 Å². The fraction of sp³-hybridized carbons (Fsp3) is 0.444. The molecule has 0 atom stereocenters. The number of hydrogen-bond acceptors (Lipinski definition) is 1. The summed E-state index contributed by atoms with van der Waals surface area (Å²) in [5, 5.41) is 4.10. The summed E-state index contributed by atoms with van der Waals surface area (Å²) in [6.45, 7) is 3.68. The van der Waals surface area contributed by atoms with Gasteiger partial charge in [0.1, 0.15) is 5.83 Å². The average Bonchev–Trinajstić information content (AvgIpc) is 2.30. The average molecular weight is 168 g/mol. The smallest absolute Gasteiger partial charge is 0.102 e. The number of aromatic nitrogens is 2. The zero-order valence-corrected chi connectivity index (χ0v) is 7.63. The molecule has 0 radical (unpaired) electrons.